The zero-order valence-corrected chi connectivity index (χ0v) is 12.9. The number of hydrogen-bond acceptors (Lipinski definition) is 5. The Morgan fingerprint density at radius 1 is 1.39 bits per heavy atom. The highest BCUT2D eigenvalue weighted by Crippen LogP contribution is 2.18. The third-order valence-corrected chi connectivity index (χ3v) is 4.16. The Bertz CT molecular complexity index is 529. The van der Waals surface area contributed by atoms with Crippen molar-refractivity contribution in [1.29, 1.82) is 0 Å². The van der Waals surface area contributed by atoms with Crippen LogP contribution in [0.4, 0.5) is 18.9 Å². The van der Waals surface area contributed by atoms with Crippen molar-refractivity contribution < 1.29 is 32.5 Å². The molecule has 1 rings (SSSR count). The zero-order chi connectivity index (χ0) is 18.2. The fourth-order valence-corrected chi connectivity index (χ4v) is 2.49. The number of carboxylic acid groups (broad SMARTS) is 1. The monoisotopic (exact) mass is 376 g/mol. The van der Waals surface area contributed by atoms with E-state index in [1.54, 1.807) is 0 Å². The van der Waals surface area contributed by atoms with Crippen LogP contribution in [0.15, 0.2) is 29.2 Å². The summed E-state index contributed by atoms with van der Waals surface area (Å²) in [6.07, 6.45) is -5.08. The van der Waals surface area contributed by atoms with Crippen LogP contribution < -0.4 is 5.73 Å². The first-order valence-electron chi connectivity index (χ1n) is 5.76. The van der Waals surface area contributed by atoms with E-state index in [9.17, 15) is 27.8 Å². The summed E-state index contributed by atoms with van der Waals surface area (Å²) in [5.74, 6) is -2.51. The molecule has 0 saturated heterocycles. The summed E-state index contributed by atoms with van der Waals surface area (Å²) >= 11 is 4.50. The predicted molar refractivity (Wildman–Crippen MR) is 76.8 cm³/mol. The van der Waals surface area contributed by atoms with E-state index in [1.807, 2.05) is 0 Å². The molecule has 1 aromatic rings. The van der Waals surface area contributed by atoms with Crippen molar-refractivity contribution in [1.82, 2.24) is 0 Å². The first-order chi connectivity index (χ1) is 10.5. The molecular weight excluding hydrogens is 365 g/mol. The SMILES string of the molecule is NCC(Cl)C[S+]([O-])c1ccc([N+](=O)[O-])cc1.O=C(O)C(F)(F)F. The number of hydrogen-bond donors (Lipinski definition) is 2. The van der Waals surface area contributed by atoms with Gasteiger partial charge in [0, 0.05) is 18.7 Å². The van der Waals surface area contributed by atoms with Crippen LogP contribution in [0, 0.1) is 10.1 Å². The highest BCUT2D eigenvalue weighted by molar-refractivity contribution is 7.91. The predicted octanol–water partition coefficient (Wildman–Crippen LogP) is 1.90. The lowest BCUT2D eigenvalue weighted by molar-refractivity contribution is -0.384. The number of aliphatic carboxylic acids is 1. The van der Waals surface area contributed by atoms with Gasteiger partial charge in [-0.3, -0.25) is 10.1 Å². The minimum Gasteiger partial charge on any atom is -0.611 e. The molecule has 0 bridgehead atoms. The van der Waals surface area contributed by atoms with Gasteiger partial charge in [0.2, 0.25) is 0 Å². The number of benzene rings is 1. The van der Waals surface area contributed by atoms with Crippen LogP contribution in [0.1, 0.15) is 0 Å². The number of nitrogens with zero attached hydrogens (tertiary/aromatic N) is 1. The summed E-state index contributed by atoms with van der Waals surface area (Å²) in [5.41, 5.74) is 5.28. The molecule has 0 fully saturated rings. The van der Waals surface area contributed by atoms with Crippen LogP contribution in [0.5, 0.6) is 0 Å². The highest BCUT2D eigenvalue weighted by atomic mass is 35.5. The third-order valence-electron chi connectivity index (χ3n) is 2.14. The Labute approximate surface area is 136 Å². The summed E-state index contributed by atoms with van der Waals surface area (Å²) in [7, 11) is 0. The van der Waals surface area contributed by atoms with E-state index >= 15 is 0 Å². The minimum atomic E-state index is -5.08. The van der Waals surface area contributed by atoms with E-state index in [4.69, 9.17) is 27.2 Å². The average Bonchev–Trinajstić information content (AvgIpc) is 2.46. The largest absolute Gasteiger partial charge is 0.611 e. The van der Waals surface area contributed by atoms with Gasteiger partial charge in [-0.1, -0.05) is 0 Å². The molecule has 0 saturated carbocycles. The number of nitro benzene ring substituents is 1. The first-order valence-corrected chi connectivity index (χ1v) is 7.51. The molecule has 0 radical (unpaired) electrons. The number of rotatable bonds is 5. The van der Waals surface area contributed by atoms with E-state index in [0.717, 1.165) is 0 Å². The van der Waals surface area contributed by atoms with Gasteiger partial charge in [-0.2, -0.15) is 13.2 Å². The maximum atomic E-state index is 11.7. The summed E-state index contributed by atoms with van der Waals surface area (Å²) in [5, 5.41) is 17.2. The van der Waals surface area contributed by atoms with Crippen LogP contribution in [0.25, 0.3) is 0 Å². The van der Waals surface area contributed by atoms with Crippen LogP contribution >= 0.6 is 11.6 Å². The molecule has 3 N–H and O–H groups in total. The fourth-order valence-electron chi connectivity index (χ4n) is 1.05. The van der Waals surface area contributed by atoms with Gasteiger partial charge in [0.15, 0.2) is 4.90 Å². The quantitative estimate of drug-likeness (QED) is 0.349. The van der Waals surface area contributed by atoms with Gasteiger partial charge in [-0.25, -0.2) is 4.79 Å². The maximum Gasteiger partial charge on any atom is 0.490 e. The topological polar surface area (TPSA) is 130 Å². The summed E-state index contributed by atoms with van der Waals surface area (Å²) in [6.45, 7) is 0.250. The van der Waals surface area contributed by atoms with Gasteiger partial charge >= 0.3 is 12.1 Å². The molecule has 0 aliphatic heterocycles. The number of carboxylic acids is 1. The van der Waals surface area contributed by atoms with E-state index in [0.29, 0.717) is 4.90 Å². The number of nitrogens with two attached hydrogens (primary N) is 1. The third kappa shape index (κ3) is 8.59. The Morgan fingerprint density at radius 2 is 1.83 bits per heavy atom. The van der Waals surface area contributed by atoms with Crippen LogP contribution in [-0.2, 0) is 16.0 Å². The highest BCUT2D eigenvalue weighted by Gasteiger charge is 2.38. The molecule has 0 amide bonds. The first kappa shape index (κ1) is 21.4. The number of non-ortho nitro benzene ring substituents is 1. The molecule has 2 unspecified atom stereocenters. The van der Waals surface area contributed by atoms with Gasteiger partial charge in [-0.05, 0) is 23.3 Å². The minimum absolute atomic E-state index is 0.0259. The normalized spacial score (nSPS) is 13.5. The van der Waals surface area contributed by atoms with Crippen molar-refractivity contribution >= 4 is 34.4 Å². The van der Waals surface area contributed by atoms with Crippen molar-refractivity contribution in [2.75, 3.05) is 12.3 Å². The number of alkyl halides is 4. The maximum absolute atomic E-state index is 11.7. The Kier molecular flexibility index (Phi) is 8.90. The molecule has 0 aromatic heterocycles. The molecule has 0 aliphatic rings. The molecule has 23 heavy (non-hydrogen) atoms. The summed E-state index contributed by atoms with van der Waals surface area (Å²) in [6, 6.07) is 5.57. The standard InChI is InChI=1S/C9H11ClN2O3S.C2HF3O2/c10-7(5-11)6-16(15)9-3-1-8(2-4-9)12(13)14;3-2(4,5)1(6)7/h1-4,7H,5-6,11H2;(H,6,7). The van der Waals surface area contributed by atoms with Crippen molar-refractivity contribution in [3.8, 4) is 0 Å². The number of carbonyl (C=O) groups is 1. The molecule has 0 heterocycles. The van der Waals surface area contributed by atoms with Gasteiger partial charge < -0.3 is 15.4 Å². The van der Waals surface area contributed by atoms with E-state index in [-0.39, 0.29) is 23.4 Å². The Balaban J connectivity index is 0.000000585. The Morgan fingerprint density at radius 3 is 2.13 bits per heavy atom. The molecular formula is C11H12ClF3N2O5S. The molecule has 0 spiro atoms. The van der Waals surface area contributed by atoms with Crippen molar-refractivity contribution in [2.24, 2.45) is 5.73 Å². The number of nitro groups is 1. The lowest BCUT2D eigenvalue weighted by Gasteiger charge is -2.12. The second-order valence-electron chi connectivity index (χ2n) is 3.90. The van der Waals surface area contributed by atoms with Crippen molar-refractivity contribution in [3.63, 3.8) is 0 Å². The van der Waals surface area contributed by atoms with Crippen molar-refractivity contribution in [2.45, 2.75) is 16.4 Å². The van der Waals surface area contributed by atoms with Crippen LogP contribution in [-0.4, -0.2) is 44.4 Å². The molecule has 12 heteroatoms. The molecule has 2 atom stereocenters. The smallest absolute Gasteiger partial charge is 0.490 e. The molecule has 130 valence electrons. The lowest BCUT2D eigenvalue weighted by atomic mass is 10.3. The van der Waals surface area contributed by atoms with Gasteiger partial charge in [-0.15, -0.1) is 11.6 Å². The molecule has 1 aromatic carbocycles. The molecule has 7 nitrogen and oxygen atoms in total. The van der Waals surface area contributed by atoms with E-state index < -0.39 is 28.2 Å². The molecule has 0 aliphatic carbocycles. The second-order valence-corrected chi connectivity index (χ2v) is 6.01. The second kappa shape index (κ2) is 9.55. The Hall–Kier alpha value is -1.56. The lowest BCUT2D eigenvalue weighted by Crippen LogP contribution is -2.24. The average molecular weight is 377 g/mol. The zero-order valence-electron chi connectivity index (χ0n) is 11.3. The summed E-state index contributed by atoms with van der Waals surface area (Å²) in [4.78, 5) is 19.3. The van der Waals surface area contributed by atoms with E-state index in [1.165, 1.54) is 24.3 Å². The van der Waals surface area contributed by atoms with Crippen LogP contribution in [0.2, 0.25) is 0 Å². The van der Waals surface area contributed by atoms with E-state index in [2.05, 4.69) is 0 Å². The van der Waals surface area contributed by atoms with Gasteiger partial charge in [0.25, 0.3) is 5.69 Å². The summed E-state index contributed by atoms with van der Waals surface area (Å²) < 4.78 is 43.4. The van der Waals surface area contributed by atoms with Gasteiger partial charge in [0.1, 0.15) is 5.75 Å². The van der Waals surface area contributed by atoms with Gasteiger partial charge in [0.05, 0.1) is 10.3 Å². The fraction of sp³-hybridized carbons (Fsp3) is 0.364. The number of halogens is 4. The van der Waals surface area contributed by atoms with Crippen molar-refractivity contribution in [3.05, 3.63) is 34.4 Å². The van der Waals surface area contributed by atoms with Crippen LogP contribution in [0.3, 0.4) is 0 Å².